The van der Waals surface area contributed by atoms with Gasteiger partial charge in [0.15, 0.2) is 0 Å². The van der Waals surface area contributed by atoms with Gasteiger partial charge in [-0.2, -0.15) is 4.57 Å². The topological polar surface area (TPSA) is 32.6 Å². The van der Waals surface area contributed by atoms with Crippen LogP contribution in [0.15, 0.2) is 85.2 Å². The fraction of sp³-hybridized carbons (Fsp3) is 0.167. The predicted octanol–water partition coefficient (Wildman–Crippen LogP) is 5.36. The van der Waals surface area contributed by atoms with E-state index in [1.165, 1.54) is 22.4 Å². The van der Waals surface area contributed by atoms with Gasteiger partial charge in [-0.05, 0) is 29.7 Å². The molecule has 134 valence electrons. The van der Waals surface area contributed by atoms with Crippen molar-refractivity contribution in [2.45, 2.75) is 26.2 Å². The highest BCUT2D eigenvalue weighted by molar-refractivity contribution is 5.69. The number of rotatable bonds is 6. The molecule has 0 atom stereocenters. The normalized spacial score (nSPS) is 10.9. The van der Waals surface area contributed by atoms with Crippen LogP contribution in [-0.2, 0) is 6.42 Å². The van der Waals surface area contributed by atoms with Crippen LogP contribution >= 0.6 is 0 Å². The number of aromatic nitrogens is 3. The third-order valence-electron chi connectivity index (χ3n) is 4.80. The Labute approximate surface area is 160 Å². The standard InChI is InChI=1S/C24H24N3/c1-2-3-14-22-17-21(19-10-6-4-7-11-19)18-23(20-12-8-5-9-13-20)27(22)24-25-15-16-26-24/h4-13,15-18H,2-3,14H2,1H3,(H,25,26)/q+1. The van der Waals surface area contributed by atoms with E-state index >= 15 is 0 Å². The number of pyridine rings is 1. The Morgan fingerprint density at radius 3 is 2.19 bits per heavy atom. The zero-order valence-electron chi connectivity index (χ0n) is 15.6. The van der Waals surface area contributed by atoms with Crippen LogP contribution in [0.3, 0.4) is 0 Å². The zero-order chi connectivity index (χ0) is 18.5. The van der Waals surface area contributed by atoms with Gasteiger partial charge < -0.3 is 0 Å². The van der Waals surface area contributed by atoms with E-state index in [1.807, 2.05) is 12.4 Å². The van der Waals surface area contributed by atoms with Gasteiger partial charge in [-0.3, -0.25) is 0 Å². The number of benzene rings is 2. The molecule has 0 saturated carbocycles. The van der Waals surface area contributed by atoms with Gasteiger partial charge in [0.2, 0.25) is 0 Å². The van der Waals surface area contributed by atoms with Crippen molar-refractivity contribution in [1.82, 2.24) is 9.97 Å². The summed E-state index contributed by atoms with van der Waals surface area (Å²) in [7, 11) is 0. The van der Waals surface area contributed by atoms with Crippen LogP contribution in [-0.4, -0.2) is 9.97 Å². The van der Waals surface area contributed by atoms with Crippen LogP contribution in [0.5, 0.6) is 0 Å². The van der Waals surface area contributed by atoms with Gasteiger partial charge in [-0.1, -0.05) is 79.0 Å². The number of imidazole rings is 1. The van der Waals surface area contributed by atoms with Gasteiger partial charge in [0, 0.05) is 12.0 Å². The monoisotopic (exact) mass is 354 g/mol. The van der Waals surface area contributed by atoms with Gasteiger partial charge in [0.05, 0.1) is 11.9 Å². The summed E-state index contributed by atoms with van der Waals surface area (Å²) in [6.45, 7) is 2.23. The first-order valence-electron chi connectivity index (χ1n) is 9.56. The van der Waals surface area contributed by atoms with Gasteiger partial charge in [0.25, 0.3) is 0 Å². The Kier molecular flexibility index (Phi) is 5.10. The minimum Gasteiger partial charge on any atom is -0.245 e. The maximum Gasteiger partial charge on any atom is 0.401 e. The molecule has 0 bridgehead atoms. The molecule has 0 spiro atoms. The van der Waals surface area contributed by atoms with E-state index < -0.39 is 0 Å². The van der Waals surface area contributed by atoms with E-state index in [-0.39, 0.29) is 0 Å². The molecule has 3 nitrogen and oxygen atoms in total. The molecule has 3 heteroatoms. The first-order valence-corrected chi connectivity index (χ1v) is 9.56. The van der Waals surface area contributed by atoms with Crippen molar-refractivity contribution in [2.24, 2.45) is 0 Å². The molecule has 2 heterocycles. The lowest BCUT2D eigenvalue weighted by Gasteiger charge is -2.15. The molecule has 0 radical (unpaired) electrons. The largest absolute Gasteiger partial charge is 0.401 e. The second kappa shape index (κ2) is 8.00. The predicted molar refractivity (Wildman–Crippen MR) is 110 cm³/mol. The second-order valence-electron chi connectivity index (χ2n) is 6.70. The lowest BCUT2D eigenvalue weighted by atomic mass is 10.00. The Balaban J connectivity index is 1.98. The van der Waals surface area contributed by atoms with E-state index in [4.69, 9.17) is 0 Å². The maximum absolute atomic E-state index is 4.55. The molecule has 2 aromatic carbocycles. The Bertz CT molecular complexity index is 991. The molecule has 4 aromatic rings. The summed E-state index contributed by atoms with van der Waals surface area (Å²) < 4.78 is 2.26. The van der Waals surface area contributed by atoms with E-state index in [1.54, 1.807) is 0 Å². The molecular formula is C24H24N3+. The first kappa shape index (κ1) is 17.2. The summed E-state index contributed by atoms with van der Waals surface area (Å²) in [5.41, 5.74) is 6.08. The SMILES string of the molecule is CCCCc1cc(-c2ccccc2)cc(-c2ccccc2)[n+]1-c1ncc[nH]1. The first-order chi connectivity index (χ1) is 13.4. The summed E-state index contributed by atoms with van der Waals surface area (Å²) in [5, 5.41) is 0. The number of unbranched alkanes of at least 4 members (excludes halogenated alkanes) is 1. The van der Waals surface area contributed by atoms with Crippen molar-refractivity contribution in [2.75, 3.05) is 0 Å². The summed E-state index contributed by atoms with van der Waals surface area (Å²) in [4.78, 5) is 7.84. The molecule has 2 aromatic heterocycles. The van der Waals surface area contributed by atoms with Gasteiger partial charge >= 0.3 is 5.95 Å². The van der Waals surface area contributed by atoms with Crippen molar-refractivity contribution in [3.05, 3.63) is 90.9 Å². The molecule has 1 N–H and O–H groups in total. The molecule has 0 unspecified atom stereocenters. The number of nitrogens with zero attached hydrogens (tertiary/aromatic N) is 2. The van der Waals surface area contributed by atoms with Crippen molar-refractivity contribution >= 4 is 0 Å². The fourth-order valence-corrected chi connectivity index (χ4v) is 3.44. The van der Waals surface area contributed by atoms with Crippen LogP contribution in [0.4, 0.5) is 0 Å². The molecule has 0 aliphatic rings. The van der Waals surface area contributed by atoms with Crippen molar-refractivity contribution in [1.29, 1.82) is 0 Å². The minimum absolute atomic E-state index is 0.861. The average Bonchev–Trinajstić information content (AvgIpc) is 3.27. The Hall–Kier alpha value is -3.20. The fourth-order valence-electron chi connectivity index (χ4n) is 3.44. The number of H-pyrrole nitrogens is 1. The van der Waals surface area contributed by atoms with Crippen molar-refractivity contribution in [3.8, 4) is 28.3 Å². The van der Waals surface area contributed by atoms with Crippen LogP contribution in [0.25, 0.3) is 28.3 Å². The highest BCUT2D eigenvalue weighted by atomic mass is 15.2. The van der Waals surface area contributed by atoms with E-state index in [2.05, 4.69) is 94.3 Å². The lowest BCUT2D eigenvalue weighted by molar-refractivity contribution is -0.600. The zero-order valence-corrected chi connectivity index (χ0v) is 15.6. The Morgan fingerprint density at radius 1 is 0.852 bits per heavy atom. The lowest BCUT2D eigenvalue weighted by Crippen LogP contribution is -2.39. The van der Waals surface area contributed by atoms with Crippen molar-refractivity contribution < 1.29 is 4.57 Å². The van der Waals surface area contributed by atoms with E-state index in [0.29, 0.717) is 0 Å². The molecule has 0 amide bonds. The smallest absolute Gasteiger partial charge is 0.245 e. The molecule has 0 aliphatic heterocycles. The molecule has 27 heavy (non-hydrogen) atoms. The molecule has 4 rings (SSSR count). The summed E-state index contributed by atoms with van der Waals surface area (Å²) in [6, 6.07) is 25.7. The molecule has 0 saturated heterocycles. The number of hydrogen-bond donors (Lipinski definition) is 1. The van der Waals surface area contributed by atoms with Crippen LogP contribution < -0.4 is 4.57 Å². The summed E-state index contributed by atoms with van der Waals surface area (Å²) in [6.07, 6.45) is 7.01. The van der Waals surface area contributed by atoms with Crippen LogP contribution in [0.2, 0.25) is 0 Å². The summed E-state index contributed by atoms with van der Waals surface area (Å²) in [5.74, 6) is 0.861. The molecular weight excluding hydrogens is 330 g/mol. The highest BCUT2D eigenvalue weighted by Gasteiger charge is 2.20. The minimum atomic E-state index is 0.861. The third-order valence-corrected chi connectivity index (χ3v) is 4.80. The quantitative estimate of drug-likeness (QED) is 0.464. The van der Waals surface area contributed by atoms with E-state index in [9.17, 15) is 0 Å². The van der Waals surface area contributed by atoms with Crippen LogP contribution in [0.1, 0.15) is 25.5 Å². The third kappa shape index (κ3) is 3.68. The molecule has 0 fully saturated rings. The second-order valence-corrected chi connectivity index (χ2v) is 6.70. The molecule has 0 aliphatic carbocycles. The van der Waals surface area contributed by atoms with Crippen molar-refractivity contribution in [3.63, 3.8) is 0 Å². The van der Waals surface area contributed by atoms with E-state index in [0.717, 1.165) is 30.9 Å². The van der Waals surface area contributed by atoms with Gasteiger partial charge in [-0.25, -0.2) is 4.98 Å². The van der Waals surface area contributed by atoms with Crippen LogP contribution in [0, 0.1) is 0 Å². The number of nitrogens with one attached hydrogen (secondary N) is 1. The summed E-state index contributed by atoms with van der Waals surface area (Å²) >= 11 is 0. The van der Waals surface area contributed by atoms with Gasteiger partial charge in [-0.15, -0.1) is 0 Å². The Morgan fingerprint density at radius 2 is 1.56 bits per heavy atom. The van der Waals surface area contributed by atoms with Gasteiger partial charge in [0.1, 0.15) is 11.9 Å². The maximum atomic E-state index is 4.55. The number of hydrogen-bond acceptors (Lipinski definition) is 1. The number of aryl methyl sites for hydroxylation is 1. The highest BCUT2D eigenvalue weighted by Crippen LogP contribution is 2.26. The average molecular weight is 354 g/mol. The number of aromatic amines is 1.